The van der Waals surface area contributed by atoms with E-state index >= 15 is 0 Å². The van der Waals surface area contributed by atoms with E-state index in [0.717, 1.165) is 0 Å². The number of alkyl halides is 3. The Morgan fingerprint density at radius 1 is 1.24 bits per heavy atom. The van der Waals surface area contributed by atoms with Gasteiger partial charge in [0.2, 0.25) is 0 Å². The third kappa shape index (κ3) is 3.45. The molecule has 3 aromatic rings. The minimum atomic E-state index is -5.01. The van der Waals surface area contributed by atoms with Crippen molar-refractivity contribution in [1.29, 1.82) is 0 Å². The van der Waals surface area contributed by atoms with Crippen molar-refractivity contribution in [2.75, 3.05) is 0 Å². The number of benzene rings is 1. The first-order valence-corrected chi connectivity index (χ1v) is 7.24. The van der Waals surface area contributed by atoms with E-state index in [1.165, 1.54) is 6.33 Å². The molecular weight excluding hydrogens is 337 g/mol. The van der Waals surface area contributed by atoms with Crippen LogP contribution in [0.1, 0.15) is 11.3 Å². The Morgan fingerprint density at radius 3 is 2.76 bits per heavy atom. The molecule has 0 unspecified atom stereocenters. The van der Waals surface area contributed by atoms with E-state index in [4.69, 9.17) is 5.73 Å². The lowest BCUT2D eigenvalue weighted by Gasteiger charge is -2.09. The SMILES string of the molecule is NCc1cc(-n2ccc3c(COC(=O)C(F)(F)F)cccc32)ncn1. The molecule has 0 spiro atoms. The zero-order chi connectivity index (χ0) is 18.0. The minimum absolute atomic E-state index is 0.257. The number of nitrogens with zero attached hydrogens (tertiary/aromatic N) is 3. The number of esters is 1. The van der Waals surface area contributed by atoms with E-state index in [2.05, 4.69) is 14.7 Å². The van der Waals surface area contributed by atoms with Gasteiger partial charge in [0.1, 0.15) is 18.8 Å². The summed E-state index contributed by atoms with van der Waals surface area (Å²) in [6, 6.07) is 8.49. The molecule has 2 aromatic heterocycles. The van der Waals surface area contributed by atoms with Crippen LogP contribution in [0.2, 0.25) is 0 Å². The van der Waals surface area contributed by atoms with Crippen molar-refractivity contribution in [2.45, 2.75) is 19.3 Å². The molecule has 0 saturated carbocycles. The fourth-order valence-corrected chi connectivity index (χ4v) is 2.41. The van der Waals surface area contributed by atoms with Gasteiger partial charge in [0.25, 0.3) is 0 Å². The number of carbonyl (C=O) groups is 1. The molecule has 9 heteroatoms. The molecule has 0 radical (unpaired) electrons. The highest BCUT2D eigenvalue weighted by Crippen LogP contribution is 2.25. The Labute approximate surface area is 140 Å². The number of hydrogen-bond donors (Lipinski definition) is 1. The van der Waals surface area contributed by atoms with Crippen LogP contribution in [0.3, 0.4) is 0 Å². The summed E-state index contributed by atoms with van der Waals surface area (Å²) in [5.74, 6) is -1.64. The van der Waals surface area contributed by atoms with Gasteiger partial charge in [0.15, 0.2) is 0 Å². The lowest BCUT2D eigenvalue weighted by molar-refractivity contribution is -0.201. The van der Waals surface area contributed by atoms with Crippen molar-refractivity contribution in [3.8, 4) is 5.82 Å². The fourth-order valence-electron chi connectivity index (χ4n) is 2.41. The summed E-state index contributed by atoms with van der Waals surface area (Å²) in [6.45, 7) is -0.217. The first kappa shape index (κ1) is 16.9. The third-order valence-corrected chi connectivity index (χ3v) is 3.58. The zero-order valence-corrected chi connectivity index (χ0v) is 12.8. The molecule has 0 fully saturated rings. The lowest BCUT2D eigenvalue weighted by atomic mass is 10.1. The molecule has 2 N–H and O–H groups in total. The van der Waals surface area contributed by atoms with E-state index < -0.39 is 18.8 Å². The van der Waals surface area contributed by atoms with Crippen molar-refractivity contribution >= 4 is 16.9 Å². The molecular formula is C16H13F3N4O2. The van der Waals surface area contributed by atoms with Crippen LogP contribution in [0.5, 0.6) is 0 Å². The molecule has 2 heterocycles. The summed E-state index contributed by atoms with van der Waals surface area (Å²) in [5.41, 5.74) is 7.40. The second kappa shape index (κ2) is 6.52. The van der Waals surface area contributed by atoms with Gasteiger partial charge in [-0.3, -0.25) is 0 Å². The average Bonchev–Trinajstić information content (AvgIpc) is 3.03. The second-order valence-corrected chi connectivity index (χ2v) is 5.18. The van der Waals surface area contributed by atoms with Crippen molar-refractivity contribution in [3.63, 3.8) is 0 Å². The number of hydrogen-bond acceptors (Lipinski definition) is 5. The van der Waals surface area contributed by atoms with Crippen LogP contribution in [0.15, 0.2) is 42.9 Å². The molecule has 0 amide bonds. The molecule has 0 aliphatic heterocycles. The van der Waals surface area contributed by atoms with E-state index in [1.54, 1.807) is 41.1 Å². The van der Waals surface area contributed by atoms with Gasteiger partial charge in [0.05, 0.1) is 11.2 Å². The Hall–Kier alpha value is -2.94. The van der Waals surface area contributed by atoms with Crippen LogP contribution < -0.4 is 5.73 Å². The molecule has 0 saturated heterocycles. The van der Waals surface area contributed by atoms with Gasteiger partial charge in [-0.1, -0.05) is 12.1 Å². The van der Waals surface area contributed by atoms with Crippen LogP contribution in [0.25, 0.3) is 16.7 Å². The third-order valence-electron chi connectivity index (χ3n) is 3.58. The monoisotopic (exact) mass is 350 g/mol. The van der Waals surface area contributed by atoms with Crippen molar-refractivity contribution in [3.05, 3.63) is 54.1 Å². The van der Waals surface area contributed by atoms with Gasteiger partial charge in [-0.15, -0.1) is 0 Å². The summed E-state index contributed by atoms with van der Waals surface area (Å²) in [5, 5.41) is 0.658. The molecule has 0 aliphatic carbocycles. The quantitative estimate of drug-likeness (QED) is 0.731. The zero-order valence-electron chi connectivity index (χ0n) is 12.8. The number of nitrogens with two attached hydrogens (primary N) is 1. The maximum absolute atomic E-state index is 12.3. The molecule has 0 bridgehead atoms. The van der Waals surface area contributed by atoms with Gasteiger partial charge in [-0.05, 0) is 17.7 Å². The standard InChI is InChI=1S/C16H13F3N4O2/c17-16(18,19)15(24)25-8-10-2-1-3-13-12(10)4-5-23(13)14-6-11(7-20)21-9-22-14/h1-6,9H,7-8,20H2. The average molecular weight is 350 g/mol. The van der Waals surface area contributed by atoms with Crippen molar-refractivity contribution in [1.82, 2.24) is 14.5 Å². The Kier molecular flexibility index (Phi) is 4.41. The molecule has 130 valence electrons. The topological polar surface area (TPSA) is 83.0 Å². The molecule has 0 aliphatic rings. The summed E-state index contributed by atoms with van der Waals surface area (Å²) in [6.07, 6.45) is -1.90. The van der Waals surface area contributed by atoms with Gasteiger partial charge >= 0.3 is 12.1 Å². The Morgan fingerprint density at radius 2 is 2.04 bits per heavy atom. The Balaban J connectivity index is 1.93. The highest BCUT2D eigenvalue weighted by molar-refractivity contribution is 5.85. The van der Waals surface area contributed by atoms with Crippen LogP contribution >= 0.6 is 0 Å². The number of aromatic nitrogens is 3. The van der Waals surface area contributed by atoms with Crippen LogP contribution in [0.4, 0.5) is 13.2 Å². The molecule has 3 rings (SSSR count). The first-order chi connectivity index (χ1) is 11.9. The summed E-state index contributed by atoms with van der Waals surface area (Å²) >= 11 is 0. The Bertz CT molecular complexity index is 921. The predicted molar refractivity (Wildman–Crippen MR) is 82.6 cm³/mol. The maximum atomic E-state index is 12.3. The van der Waals surface area contributed by atoms with Gasteiger partial charge < -0.3 is 15.0 Å². The minimum Gasteiger partial charge on any atom is -0.454 e. The fraction of sp³-hybridized carbons (Fsp3) is 0.188. The maximum Gasteiger partial charge on any atom is 0.490 e. The number of carbonyl (C=O) groups excluding carboxylic acids is 1. The van der Waals surface area contributed by atoms with Crippen molar-refractivity contribution in [2.24, 2.45) is 5.73 Å². The van der Waals surface area contributed by atoms with Crippen LogP contribution in [-0.4, -0.2) is 26.7 Å². The van der Waals surface area contributed by atoms with E-state index in [1.807, 2.05) is 0 Å². The number of rotatable bonds is 4. The summed E-state index contributed by atoms with van der Waals surface area (Å²) < 4.78 is 42.9. The van der Waals surface area contributed by atoms with Gasteiger partial charge in [-0.25, -0.2) is 14.8 Å². The highest BCUT2D eigenvalue weighted by Gasteiger charge is 2.40. The van der Waals surface area contributed by atoms with E-state index in [-0.39, 0.29) is 6.54 Å². The molecule has 0 atom stereocenters. The molecule has 6 nitrogen and oxygen atoms in total. The van der Waals surface area contributed by atoms with Crippen LogP contribution in [-0.2, 0) is 22.7 Å². The predicted octanol–water partition coefficient (Wildman–Crippen LogP) is 2.48. The summed E-state index contributed by atoms with van der Waals surface area (Å²) in [7, 11) is 0. The highest BCUT2D eigenvalue weighted by atomic mass is 19.4. The van der Waals surface area contributed by atoms with E-state index in [0.29, 0.717) is 28.0 Å². The van der Waals surface area contributed by atoms with Gasteiger partial charge in [0, 0.05) is 24.2 Å². The van der Waals surface area contributed by atoms with Crippen molar-refractivity contribution < 1.29 is 22.7 Å². The van der Waals surface area contributed by atoms with Gasteiger partial charge in [-0.2, -0.15) is 13.2 Å². The normalized spacial score (nSPS) is 11.7. The second-order valence-electron chi connectivity index (χ2n) is 5.18. The first-order valence-electron chi connectivity index (χ1n) is 7.24. The lowest BCUT2D eigenvalue weighted by Crippen LogP contribution is -2.25. The molecule has 25 heavy (non-hydrogen) atoms. The number of halogens is 3. The molecule has 1 aromatic carbocycles. The largest absolute Gasteiger partial charge is 0.490 e. The van der Waals surface area contributed by atoms with E-state index in [9.17, 15) is 18.0 Å². The summed E-state index contributed by atoms with van der Waals surface area (Å²) in [4.78, 5) is 19.1. The number of ether oxygens (including phenoxy) is 1. The number of fused-ring (bicyclic) bond motifs is 1. The smallest absolute Gasteiger partial charge is 0.454 e. The van der Waals surface area contributed by atoms with Crippen LogP contribution in [0, 0.1) is 0 Å².